The number of hydrogen-bond donors (Lipinski definition) is 0. The Balaban J connectivity index is 2.04. The third-order valence-electron chi connectivity index (χ3n) is 5.02. The van der Waals surface area contributed by atoms with Crippen LogP contribution >= 0.6 is 0 Å². The number of benzene rings is 1. The van der Waals surface area contributed by atoms with E-state index in [1.807, 2.05) is 30.3 Å². The molecule has 0 unspecified atom stereocenters. The molecule has 2 atom stereocenters. The molecule has 1 aliphatic rings. The molecule has 1 aliphatic heterocycles. The van der Waals surface area contributed by atoms with Crippen LogP contribution in [-0.2, 0) is 9.53 Å². The fraction of sp³-hybridized carbons (Fsp3) is 0.632. The fourth-order valence-corrected chi connectivity index (χ4v) is 3.19. The topological polar surface area (TPSA) is 26.3 Å². The average molecular weight is 304 g/mol. The Kier molecular flexibility index (Phi) is 5.63. The van der Waals surface area contributed by atoms with Crippen LogP contribution in [0.25, 0.3) is 0 Å². The van der Waals surface area contributed by atoms with E-state index in [4.69, 9.17) is 4.74 Å². The second kappa shape index (κ2) is 7.28. The minimum Gasteiger partial charge on any atom is -0.461 e. The predicted molar refractivity (Wildman–Crippen MR) is 89.6 cm³/mol. The van der Waals surface area contributed by atoms with Gasteiger partial charge in [-0.3, -0.25) is 4.79 Å². The van der Waals surface area contributed by atoms with Gasteiger partial charge in [0.2, 0.25) is 0 Å². The quantitative estimate of drug-likeness (QED) is 0.614. The van der Waals surface area contributed by atoms with E-state index < -0.39 is 0 Å². The summed E-state index contributed by atoms with van der Waals surface area (Å²) >= 11 is 0. The van der Waals surface area contributed by atoms with Crippen molar-refractivity contribution in [3.63, 3.8) is 0 Å². The molecule has 1 fully saturated rings. The number of piperidine rings is 1. The third-order valence-corrected chi connectivity index (χ3v) is 5.02. The van der Waals surface area contributed by atoms with Gasteiger partial charge in [-0.2, -0.15) is 0 Å². The van der Waals surface area contributed by atoms with Crippen molar-refractivity contribution in [1.82, 2.24) is 0 Å². The van der Waals surface area contributed by atoms with E-state index in [0.717, 1.165) is 42.4 Å². The van der Waals surface area contributed by atoms with Crippen LogP contribution in [0.4, 0.5) is 0 Å². The number of carbonyl (C=O) groups is 1. The Labute approximate surface area is 134 Å². The summed E-state index contributed by atoms with van der Waals surface area (Å²) in [5.74, 6) is 0.110. The van der Waals surface area contributed by atoms with Crippen molar-refractivity contribution in [2.75, 3.05) is 27.2 Å². The van der Waals surface area contributed by atoms with Gasteiger partial charge in [-0.15, -0.1) is 0 Å². The van der Waals surface area contributed by atoms with Crippen molar-refractivity contribution < 1.29 is 14.0 Å². The molecule has 1 saturated heterocycles. The first-order chi connectivity index (χ1) is 10.4. The first-order valence-corrected chi connectivity index (χ1v) is 8.50. The van der Waals surface area contributed by atoms with Gasteiger partial charge in [-0.25, -0.2) is 0 Å². The zero-order valence-electron chi connectivity index (χ0n) is 14.4. The Morgan fingerprint density at radius 2 is 1.82 bits per heavy atom. The highest BCUT2D eigenvalue weighted by molar-refractivity contribution is 5.78. The monoisotopic (exact) mass is 304 g/mol. The predicted octanol–water partition coefficient (Wildman–Crippen LogP) is 3.60. The number of likely N-dealkylation sites (tertiary alicyclic amines) is 1. The van der Waals surface area contributed by atoms with Crippen LogP contribution in [0.3, 0.4) is 0 Å². The van der Waals surface area contributed by atoms with Gasteiger partial charge < -0.3 is 9.22 Å². The Morgan fingerprint density at radius 1 is 1.23 bits per heavy atom. The van der Waals surface area contributed by atoms with Crippen molar-refractivity contribution in [3.8, 4) is 0 Å². The number of quaternary nitrogens is 1. The summed E-state index contributed by atoms with van der Waals surface area (Å²) in [4.78, 5) is 12.7. The van der Waals surface area contributed by atoms with E-state index in [1.165, 1.54) is 0 Å². The van der Waals surface area contributed by atoms with Gasteiger partial charge in [0.1, 0.15) is 6.10 Å². The Morgan fingerprint density at radius 3 is 2.36 bits per heavy atom. The van der Waals surface area contributed by atoms with Crippen molar-refractivity contribution in [3.05, 3.63) is 35.9 Å². The molecule has 1 aromatic carbocycles. The first kappa shape index (κ1) is 17.0. The lowest BCUT2D eigenvalue weighted by Crippen LogP contribution is -2.48. The molecule has 1 aromatic rings. The van der Waals surface area contributed by atoms with Crippen LogP contribution < -0.4 is 0 Å². The van der Waals surface area contributed by atoms with Crippen molar-refractivity contribution in [2.45, 2.75) is 45.1 Å². The fourth-order valence-electron chi connectivity index (χ4n) is 3.19. The maximum absolute atomic E-state index is 12.7. The molecular weight excluding hydrogens is 274 g/mol. The van der Waals surface area contributed by atoms with Crippen LogP contribution in [0.2, 0.25) is 0 Å². The largest absolute Gasteiger partial charge is 0.461 e. The number of ether oxygens (including phenoxy) is 1. The number of nitrogens with zero attached hydrogens (tertiary/aromatic N) is 1. The van der Waals surface area contributed by atoms with E-state index in [9.17, 15) is 4.79 Å². The highest BCUT2D eigenvalue weighted by Crippen LogP contribution is 2.30. The van der Waals surface area contributed by atoms with Crippen molar-refractivity contribution in [2.24, 2.45) is 5.92 Å². The van der Waals surface area contributed by atoms with Crippen LogP contribution in [0.15, 0.2) is 30.3 Å². The third kappa shape index (κ3) is 4.33. The van der Waals surface area contributed by atoms with Gasteiger partial charge in [-0.1, -0.05) is 50.6 Å². The van der Waals surface area contributed by atoms with Gasteiger partial charge in [0, 0.05) is 12.8 Å². The lowest BCUT2D eigenvalue weighted by Gasteiger charge is -2.37. The molecule has 1 heterocycles. The number of carbonyl (C=O) groups excluding carboxylic acids is 1. The molecule has 0 saturated carbocycles. The molecule has 0 aliphatic carbocycles. The van der Waals surface area contributed by atoms with E-state index in [2.05, 4.69) is 27.9 Å². The molecular formula is C19H30NO2+. The lowest BCUT2D eigenvalue weighted by molar-refractivity contribution is -0.896. The Hall–Kier alpha value is -1.35. The molecule has 122 valence electrons. The summed E-state index contributed by atoms with van der Waals surface area (Å²) in [6.07, 6.45) is 3.01. The van der Waals surface area contributed by atoms with Gasteiger partial charge >= 0.3 is 5.97 Å². The van der Waals surface area contributed by atoms with Gasteiger partial charge in [-0.05, 0) is 11.5 Å². The molecule has 2 rings (SSSR count). The van der Waals surface area contributed by atoms with E-state index in [1.54, 1.807) is 0 Å². The normalized spacial score (nSPS) is 21.1. The zero-order valence-corrected chi connectivity index (χ0v) is 14.4. The molecule has 3 heteroatoms. The molecule has 0 aromatic heterocycles. The Bertz CT molecular complexity index is 473. The summed E-state index contributed by atoms with van der Waals surface area (Å²) < 4.78 is 6.90. The van der Waals surface area contributed by atoms with Crippen LogP contribution in [0.5, 0.6) is 0 Å². The van der Waals surface area contributed by atoms with Crippen molar-refractivity contribution in [1.29, 1.82) is 0 Å². The molecule has 0 amide bonds. The summed E-state index contributed by atoms with van der Waals surface area (Å²) in [6, 6.07) is 10.1. The first-order valence-electron chi connectivity index (χ1n) is 8.50. The molecule has 0 N–H and O–H groups in total. The summed E-state index contributed by atoms with van der Waals surface area (Å²) in [7, 11) is 4.48. The standard InChI is InChI=1S/C19H30NO2/c1-5-15(2)18(16-9-7-6-8-10-16)19(21)22-17-11-13-20(3,4)14-12-17/h6-10,15,17-18H,5,11-14H2,1-4H3/q+1/t15-,18+/m0/s1. The number of hydrogen-bond acceptors (Lipinski definition) is 2. The summed E-state index contributed by atoms with van der Waals surface area (Å²) in [5, 5.41) is 0. The zero-order chi connectivity index (χ0) is 16.2. The lowest BCUT2D eigenvalue weighted by atomic mass is 9.85. The summed E-state index contributed by atoms with van der Waals surface area (Å²) in [5.41, 5.74) is 1.08. The van der Waals surface area contributed by atoms with Crippen molar-refractivity contribution >= 4 is 5.97 Å². The van der Waals surface area contributed by atoms with E-state index >= 15 is 0 Å². The highest BCUT2D eigenvalue weighted by Gasteiger charge is 2.33. The number of rotatable bonds is 5. The SMILES string of the molecule is CC[C@H](C)[C@@H](C(=O)OC1CC[N+](C)(C)CC1)c1ccccc1. The van der Waals surface area contributed by atoms with Gasteiger partial charge in [0.05, 0.1) is 33.1 Å². The molecule has 22 heavy (non-hydrogen) atoms. The maximum Gasteiger partial charge on any atom is 0.313 e. The van der Waals surface area contributed by atoms with Gasteiger partial charge in [0.25, 0.3) is 0 Å². The molecule has 0 spiro atoms. The molecule has 0 radical (unpaired) electrons. The number of esters is 1. The van der Waals surface area contributed by atoms with Crippen LogP contribution in [0, 0.1) is 5.92 Å². The highest BCUT2D eigenvalue weighted by atomic mass is 16.5. The minimum atomic E-state index is -0.143. The molecule has 0 bridgehead atoms. The second-order valence-electron chi connectivity index (χ2n) is 7.29. The maximum atomic E-state index is 12.7. The molecule has 3 nitrogen and oxygen atoms in total. The van der Waals surface area contributed by atoms with Crippen LogP contribution in [0.1, 0.15) is 44.6 Å². The summed E-state index contributed by atoms with van der Waals surface area (Å²) in [6.45, 7) is 6.43. The van der Waals surface area contributed by atoms with Gasteiger partial charge in [0.15, 0.2) is 0 Å². The van der Waals surface area contributed by atoms with E-state index in [0.29, 0.717) is 5.92 Å². The second-order valence-corrected chi connectivity index (χ2v) is 7.29. The minimum absolute atomic E-state index is 0.0437. The average Bonchev–Trinajstić information content (AvgIpc) is 2.50. The van der Waals surface area contributed by atoms with Crippen LogP contribution in [-0.4, -0.2) is 43.7 Å². The smallest absolute Gasteiger partial charge is 0.313 e. The van der Waals surface area contributed by atoms with E-state index in [-0.39, 0.29) is 18.0 Å².